The standard InChI is InChI=1S/C17H19NO2/c1-17(19-11-16(18)12-20-17)15-9-7-14(8-10-15)13-5-3-2-4-6-13/h2-10,16H,11-12,18H2,1H3. The molecule has 0 saturated carbocycles. The van der Waals surface area contributed by atoms with Crippen LogP contribution in [0.1, 0.15) is 12.5 Å². The van der Waals surface area contributed by atoms with E-state index >= 15 is 0 Å². The van der Waals surface area contributed by atoms with E-state index in [-0.39, 0.29) is 6.04 Å². The lowest BCUT2D eigenvalue weighted by atomic mass is 10.0. The molecule has 0 bridgehead atoms. The first kappa shape index (κ1) is 13.3. The predicted octanol–water partition coefficient (Wildman–Crippen LogP) is 2.90. The number of hydrogen-bond donors (Lipinski definition) is 1. The molecule has 2 N–H and O–H groups in total. The Morgan fingerprint density at radius 1 is 0.900 bits per heavy atom. The Kier molecular flexibility index (Phi) is 3.57. The van der Waals surface area contributed by atoms with Crippen LogP contribution in [0.5, 0.6) is 0 Å². The van der Waals surface area contributed by atoms with E-state index in [1.165, 1.54) is 11.1 Å². The highest BCUT2D eigenvalue weighted by Gasteiger charge is 2.33. The zero-order chi connectivity index (χ0) is 14.0. The summed E-state index contributed by atoms with van der Waals surface area (Å²) in [5.74, 6) is -0.689. The number of benzene rings is 2. The minimum absolute atomic E-state index is 0.0355. The largest absolute Gasteiger partial charge is 0.344 e. The van der Waals surface area contributed by atoms with E-state index in [1.807, 2.05) is 25.1 Å². The molecule has 3 heteroatoms. The Hall–Kier alpha value is -1.68. The lowest BCUT2D eigenvalue weighted by Gasteiger charge is -2.36. The fraction of sp³-hybridized carbons (Fsp3) is 0.294. The van der Waals surface area contributed by atoms with Crippen molar-refractivity contribution < 1.29 is 9.47 Å². The first-order valence-electron chi connectivity index (χ1n) is 6.87. The van der Waals surface area contributed by atoms with Crippen LogP contribution in [0.25, 0.3) is 11.1 Å². The zero-order valence-electron chi connectivity index (χ0n) is 11.6. The smallest absolute Gasteiger partial charge is 0.192 e. The summed E-state index contributed by atoms with van der Waals surface area (Å²) in [4.78, 5) is 0. The second-order valence-electron chi connectivity index (χ2n) is 5.27. The van der Waals surface area contributed by atoms with Crippen LogP contribution in [-0.4, -0.2) is 19.3 Å². The van der Waals surface area contributed by atoms with E-state index in [0.29, 0.717) is 13.2 Å². The summed E-state index contributed by atoms with van der Waals surface area (Å²) in [5, 5.41) is 0. The highest BCUT2D eigenvalue weighted by molar-refractivity contribution is 5.63. The third-order valence-corrected chi connectivity index (χ3v) is 3.66. The van der Waals surface area contributed by atoms with Gasteiger partial charge in [-0.25, -0.2) is 0 Å². The summed E-state index contributed by atoms with van der Waals surface area (Å²) in [7, 11) is 0. The molecule has 0 unspecified atom stereocenters. The molecule has 2 aromatic rings. The van der Waals surface area contributed by atoms with E-state index in [0.717, 1.165) is 5.56 Å². The summed E-state index contributed by atoms with van der Waals surface area (Å²) >= 11 is 0. The van der Waals surface area contributed by atoms with Crippen molar-refractivity contribution in [2.24, 2.45) is 5.73 Å². The lowest BCUT2D eigenvalue weighted by Crippen LogP contribution is -2.46. The van der Waals surface area contributed by atoms with E-state index in [2.05, 4.69) is 36.4 Å². The maximum Gasteiger partial charge on any atom is 0.192 e. The first-order chi connectivity index (χ1) is 9.67. The predicted molar refractivity (Wildman–Crippen MR) is 79.1 cm³/mol. The Labute approximate surface area is 119 Å². The van der Waals surface area contributed by atoms with Crippen LogP contribution < -0.4 is 5.73 Å². The van der Waals surface area contributed by atoms with Gasteiger partial charge in [0.05, 0.1) is 19.3 Å². The van der Waals surface area contributed by atoms with Gasteiger partial charge < -0.3 is 15.2 Å². The highest BCUT2D eigenvalue weighted by atomic mass is 16.7. The molecule has 0 amide bonds. The fourth-order valence-electron chi connectivity index (χ4n) is 2.38. The minimum Gasteiger partial charge on any atom is -0.344 e. The van der Waals surface area contributed by atoms with Gasteiger partial charge in [0.1, 0.15) is 0 Å². The number of nitrogens with two attached hydrogens (primary N) is 1. The molecule has 1 fully saturated rings. The molecule has 0 radical (unpaired) electrons. The summed E-state index contributed by atoms with van der Waals surface area (Å²) in [6.07, 6.45) is 0. The quantitative estimate of drug-likeness (QED) is 0.911. The van der Waals surface area contributed by atoms with Crippen LogP contribution in [0, 0.1) is 0 Å². The van der Waals surface area contributed by atoms with Gasteiger partial charge in [-0.3, -0.25) is 0 Å². The second kappa shape index (κ2) is 5.37. The average molecular weight is 269 g/mol. The van der Waals surface area contributed by atoms with Gasteiger partial charge in [0.15, 0.2) is 5.79 Å². The van der Waals surface area contributed by atoms with Gasteiger partial charge >= 0.3 is 0 Å². The second-order valence-corrected chi connectivity index (χ2v) is 5.27. The minimum atomic E-state index is -0.689. The van der Waals surface area contributed by atoms with E-state index < -0.39 is 5.79 Å². The third kappa shape index (κ3) is 2.61. The van der Waals surface area contributed by atoms with Crippen LogP contribution in [0.15, 0.2) is 54.6 Å². The monoisotopic (exact) mass is 269 g/mol. The molecule has 0 spiro atoms. The molecule has 104 valence electrons. The number of ether oxygens (including phenoxy) is 2. The molecule has 0 aromatic heterocycles. The zero-order valence-corrected chi connectivity index (χ0v) is 11.6. The summed E-state index contributed by atoms with van der Waals surface area (Å²) < 4.78 is 11.5. The molecule has 1 heterocycles. The highest BCUT2D eigenvalue weighted by Crippen LogP contribution is 2.31. The molecule has 1 aliphatic rings. The SMILES string of the molecule is CC1(c2ccc(-c3ccccc3)cc2)OCC(N)CO1. The van der Waals surface area contributed by atoms with Crippen LogP contribution in [0.2, 0.25) is 0 Å². The van der Waals surface area contributed by atoms with Crippen LogP contribution in [0.4, 0.5) is 0 Å². The van der Waals surface area contributed by atoms with Crippen molar-refractivity contribution in [1.82, 2.24) is 0 Å². The molecular formula is C17H19NO2. The Morgan fingerprint density at radius 2 is 1.45 bits per heavy atom. The molecule has 2 aromatic carbocycles. The normalized spacial score (nSPS) is 26.4. The number of hydrogen-bond acceptors (Lipinski definition) is 3. The lowest BCUT2D eigenvalue weighted by molar-refractivity contribution is -0.270. The Balaban J connectivity index is 1.83. The summed E-state index contributed by atoms with van der Waals surface area (Å²) in [6.45, 7) is 2.99. The summed E-state index contributed by atoms with van der Waals surface area (Å²) in [6, 6.07) is 18.6. The topological polar surface area (TPSA) is 44.5 Å². The Morgan fingerprint density at radius 3 is 2.05 bits per heavy atom. The molecule has 3 rings (SSSR count). The summed E-state index contributed by atoms with van der Waals surface area (Å²) in [5.41, 5.74) is 9.19. The van der Waals surface area contributed by atoms with Crippen LogP contribution in [-0.2, 0) is 15.3 Å². The maximum absolute atomic E-state index is 5.78. The van der Waals surface area contributed by atoms with Gasteiger partial charge in [-0.1, -0.05) is 54.6 Å². The maximum atomic E-state index is 5.78. The van der Waals surface area contributed by atoms with Gasteiger partial charge in [-0.15, -0.1) is 0 Å². The molecule has 20 heavy (non-hydrogen) atoms. The van der Waals surface area contributed by atoms with Gasteiger partial charge in [0, 0.05) is 5.56 Å². The van der Waals surface area contributed by atoms with Crippen LogP contribution >= 0.6 is 0 Å². The van der Waals surface area contributed by atoms with E-state index in [9.17, 15) is 0 Å². The van der Waals surface area contributed by atoms with Gasteiger partial charge in [0.2, 0.25) is 0 Å². The molecule has 0 atom stereocenters. The van der Waals surface area contributed by atoms with Crippen molar-refractivity contribution >= 4 is 0 Å². The molecule has 1 saturated heterocycles. The fourth-order valence-corrected chi connectivity index (χ4v) is 2.38. The van der Waals surface area contributed by atoms with Gasteiger partial charge in [-0.2, -0.15) is 0 Å². The molecule has 1 aliphatic heterocycles. The van der Waals surface area contributed by atoms with Crippen molar-refractivity contribution in [2.45, 2.75) is 18.8 Å². The van der Waals surface area contributed by atoms with Crippen LogP contribution in [0.3, 0.4) is 0 Å². The van der Waals surface area contributed by atoms with Gasteiger partial charge in [0.25, 0.3) is 0 Å². The van der Waals surface area contributed by atoms with Crippen molar-refractivity contribution in [2.75, 3.05) is 13.2 Å². The average Bonchev–Trinajstić information content (AvgIpc) is 2.52. The van der Waals surface area contributed by atoms with Crippen molar-refractivity contribution in [3.05, 3.63) is 60.2 Å². The van der Waals surface area contributed by atoms with E-state index in [1.54, 1.807) is 0 Å². The van der Waals surface area contributed by atoms with E-state index in [4.69, 9.17) is 15.2 Å². The molecule has 3 nitrogen and oxygen atoms in total. The third-order valence-electron chi connectivity index (χ3n) is 3.66. The Bertz CT molecular complexity index is 557. The first-order valence-corrected chi connectivity index (χ1v) is 6.87. The van der Waals surface area contributed by atoms with Crippen molar-refractivity contribution in [3.63, 3.8) is 0 Å². The number of rotatable bonds is 2. The van der Waals surface area contributed by atoms with Crippen molar-refractivity contribution in [1.29, 1.82) is 0 Å². The van der Waals surface area contributed by atoms with Gasteiger partial charge in [-0.05, 0) is 18.1 Å². The van der Waals surface area contributed by atoms with Crippen molar-refractivity contribution in [3.8, 4) is 11.1 Å². The molecule has 0 aliphatic carbocycles. The molecular weight excluding hydrogens is 250 g/mol.